The molecule has 1 saturated heterocycles. The van der Waals surface area contributed by atoms with E-state index in [4.69, 9.17) is 4.74 Å². The summed E-state index contributed by atoms with van der Waals surface area (Å²) >= 11 is 0. The van der Waals surface area contributed by atoms with Crippen LogP contribution < -0.4 is 5.32 Å². The second kappa shape index (κ2) is 8.17. The van der Waals surface area contributed by atoms with Crippen LogP contribution in [0, 0.1) is 11.8 Å². The molecule has 21 heavy (non-hydrogen) atoms. The predicted octanol–water partition coefficient (Wildman–Crippen LogP) is 1.59. The Balaban J connectivity index is 2.73. The highest BCUT2D eigenvalue weighted by atomic mass is 16.5. The van der Waals surface area contributed by atoms with Crippen LogP contribution in [0.3, 0.4) is 0 Å². The van der Waals surface area contributed by atoms with Crippen molar-refractivity contribution in [2.45, 2.75) is 46.2 Å². The van der Waals surface area contributed by atoms with E-state index >= 15 is 0 Å². The van der Waals surface area contributed by atoms with Gasteiger partial charge in [0, 0.05) is 6.54 Å². The van der Waals surface area contributed by atoms with E-state index in [1.165, 1.54) is 0 Å². The van der Waals surface area contributed by atoms with E-state index in [0.29, 0.717) is 19.8 Å². The first kappa shape index (κ1) is 17.7. The normalized spacial score (nSPS) is 22.9. The summed E-state index contributed by atoms with van der Waals surface area (Å²) in [7, 11) is 0. The fourth-order valence-corrected chi connectivity index (χ4v) is 2.55. The van der Waals surface area contributed by atoms with Crippen molar-refractivity contribution in [2.24, 2.45) is 11.8 Å². The van der Waals surface area contributed by atoms with Crippen LogP contribution in [0.15, 0.2) is 12.7 Å². The van der Waals surface area contributed by atoms with Crippen LogP contribution in [0.1, 0.15) is 34.1 Å². The van der Waals surface area contributed by atoms with Gasteiger partial charge in [0.25, 0.3) is 0 Å². The molecule has 1 fully saturated rings. The summed E-state index contributed by atoms with van der Waals surface area (Å²) in [6, 6.07) is -0.837. The van der Waals surface area contributed by atoms with Crippen molar-refractivity contribution in [1.29, 1.82) is 0 Å². The fraction of sp³-hybridized carbons (Fsp3) is 0.750. The minimum Gasteiger partial charge on any atom is -0.379 e. The average Bonchev–Trinajstić information content (AvgIpc) is 2.40. The van der Waals surface area contributed by atoms with Crippen molar-refractivity contribution in [2.75, 3.05) is 19.8 Å². The molecule has 0 aromatic heterocycles. The Morgan fingerprint density at radius 1 is 1.24 bits per heavy atom. The van der Waals surface area contributed by atoms with Crippen LogP contribution >= 0.6 is 0 Å². The van der Waals surface area contributed by atoms with Gasteiger partial charge in [-0.05, 0) is 18.3 Å². The molecule has 5 heteroatoms. The van der Waals surface area contributed by atoms with Gasteiger partial charge >= 0.3 is 0 Å². The van der Waals surface area contributed by atoms with Gasteiger partial charge in [0.05, 0.1) is 13.2 Å². The summed E-state index contributed by atoms with van der Waals surface area (Å²) in [5, 5.41) is 2.85. The zero-order valence-corrected chi connectivity index (χ0v) is 13.6. The van der Waals surface area contributed by atoms with Gasteiger partial charge in [-0.25, -0.2) is 0 Å². The van der Waals surface area contributed by atoms with E-state index in [-0.39, 0.29) is 23.7 Å². The Labute approximate surface area is 127 Å². The molecule has 0 aromatic carbocycles. The molecular formula is C16H28N2O3. The monoisotopic (exact) mass is 296 g/mol. The van der Waals surface area contributed by atoms with Gasteiger partial charge in [-0.2, -0.15) is 0 Å². The molecule has 2 unspecified atom stereocenters. The van der Waals surface area contributed by atoms with Gasteiger partial charge in [0.15, 0.2) is 0 Å². The number of carbonyl (C=O) groups is 2. The van der Waals surface area contributed by atoms with Crippen LogP contribution in [0.4, 0.5) is 0 Å². The number of hydrogen-bond donors (Lipinski definition) is 1. The van der Waals surface area contributed by atoms with Crippen molar-refractivity contribution in [3.63, 3.8) is 0 Å². The van der Waals surface area contributed by atoms with Crippen molar-refractivity contribution < 1.29 is 14.3 Å². The maximum atomic E-state index is 12.6. The maximum Gasteiger partial charge on any atom is 0.246 e. The third-order valence-electron chi connectivity index (χ3n) is 3.69. The smallest absolute Gasteiger partial charge is 0.246 e. The van der Waals surface area contributed by atoms with Crippen molar-refractivity contribution in [3.05, 3.63) is 12.7 Å². The Bertz CT molecular complexity index is 380. The van der Waals surface area contributed by atoms with Gasteiger partial charge in [0.1, 0.15) is 12.1 Å². The predicted molar refractivity (Wildman–Crippen MR) is 82.7 cm³/mol. The van der Waals surface area contributed by atoms with Gasteiger partial charge in [-0.1, -0.05) is 33.8 Å². The van der Waals surface area contributed by atoms with E-state index in [9.17, 15) is 9.59 Å². The molecule has 1 rings (SSSR count). The van der Waals surface area contributed by atoms with E-state index in [2.05, 4.69) is 11.9 Å². The number of amides is 2. The number of ether oxygens (including phenoxy) is 1. The maximum absolute atomic E-state index is 12.6. The summed E-state index contributed by atoms with van der Waals surface area (Å²) < 4.78 is 5.49. The first-order chi connectivity index (χ1) is 9.90. The summed E-state index contributed by atoms with van der Waals surface area (Å²) in [6.07, 6.45) is 2.59. The lowest BCUT2D eigenvalue weighted by Gasteiger charge is -2.42. The van der Waals surface area contributed by atoms with Crippen molar-refractivity contribution >= 4 is 11.8 Å². The lowest BCUT2D eigenvalue weighted by molar-refractivity contribution is -0.153. The molecule has 120 valence electrons. The van der Waals surface area contributed by atoms with Crippen LogP contribution in [-0.2, 0) is 14.3 Å². The first-order valence-corrected chi connectivity index (χ1v) is 7.69. The average molecular weight is 296 g/mol. The van der Waals surface area contributed by atoms with Gasteiger partial charge in [0.2, 0.25) is 11.8 Å². The lowest BCUT2D eigenvalue weighted by atomic mass is 9.93. The molecule has 5 nitrogen and oxygen atoms in total. The molecule has 0 spiro atoms. The lowest BCUT2D eigenvalue weighted by Crippen LogP contribution is -2.66. The van der Waals surface area contributed by atoms with Crippen LogP contribution in [0.5, 0.6) is 0 Å². The quantitative estimate of drug-likeness (QED) is 0.546. The third-order valence-corrected chi connectivity index (χ3v) is 3.69. The third kappa shape index (κ3) is 4.56. The van der Waals surface area contributed by atoms with Crippen LogP contribution in [0.25, 0.3) is 0 Å². The molecule has 0 aliphatic carbocycles. The molecule has 1 aliphatic rings. The van der Waals surface area contributed by atoms with E-state index < -0.39 is 12.1 Å². The van der Waals surface area contributed by atoms with Gasteiger partial charge in [-0.15, -0.1) is 6.58 Å². The highest BCUT2D eigenvalue weighted by Crippen LogP contribution is 2.20. The second-order valence-electron chi connectivity index (χ2n) is 6.14. The topological polar surface area (TPSA) is 58.6 Å². The molecule has 0 radical (unpaired) electrons. The standard InChI is InChI=1S/C16H28N2O3/c1-6-7-9-21-10-8-18-14(12(4)5)15(19)17-13(11(2)3)16(18)20/h6,11-14H,1,7-10H2,2-5H3,(H,17,19). The molecule has 0 bridgehead atoms. The number of nitrogens with one attached hydrogen (secondary N) is 1. The zero-order valence-electron chi connectivity index (χ0n) is 13.6. The molecule has 1 N–H and O–H groups in total. The Hall–Kier alpha value is -1.36. The van der Waals surface area contributed by atoms with Crippen LogP contribution in [0.2, 0.25) is 0 Å². The second-order valence-corrected chi connectivity index (χ2v) is 6.14. The summed E-state index contributed by atoms with van der Waals surface area (Å²) in [5.74, 6) is 0.0963. The van der Waals surface area contributed by atoms with E-state index in [0.717, 1.165) is 6.42 Å². The minimum atomic E-state index is -0.430. The van der Waals surface area contributed by atoms with Gasteiger partial charge < -0.3 is 15.0 Å². The SMILES string of the molecule is C=CCCOCCN1C(=O)C(C(C)C)NC(=O)C1C(C)C. The number of piperazine rings is 1. The number of rotatable bonds is 8. The Morgan fingerprint density at radius 2 is 1.90 bits per heavy atom. The Morgan fingerprint density at radius 3 is 2.43 bits per heavy atom. The molecular weight excluding hydrogens is 268 g/mol. The molecule has 2 amide bonds. The molecule has 2 atom stereocenters. The largest absolute Gasteiger partial charge is 0.379 e. The van der Waals surface area contributed by atoms with E-state index in [1.54, 1.807) is 11.0 Å². The van der Waals surface area contributed by atoms with E-state index in [1.807, 2.05) is 27.7 Å². The fourth-order valence-electron chi connectivity index (χ4n) is 2.55. The molecule has 1 aliphatic heterocycles. The van der Waals surface area contributed by atoms with Crippen molar-refractivity contribution in [1.82, 2.24) is 10.2 Å². The van der Waals surface area contributed by atoms with Crippen LogP contribution in [-0.4, -0.2) is 48.6 Å². The first-order valence-electron chi connectivity index (χ1n) is 7.69. The molecule has 0 saturated carbocycles. The number of hydrogen-bond acceptors (Lipinski definition) is 3. The Kier molecular flexibility index (Phi) is 6.89. The van der Waals surface area contributed by atoms with Gasteiger partial charge in [-0.3, -0.25) is 9.59 Å². The zero-order chi connectivity index (χ0) is 16.0. The minimum absolute atomic E-state index is 0.00405. The summed E-state index contributed by atoms with van der Waals surface area (Å²) in [4.78, 5) is 26.6. The molecule has 1 heterocycles. The number of nitrogens with zero attached hydrogens (tertiary/aromatic N) is 1. The summed E-state index contributed by atoms with van der Waals surface area (Å²) in [5.41, 5.74) is 0. The highest BCUT2D eigenvalue weighted by molar-refractivity contribution is 5.97. The highest BCUT2D eigenvalue weighted by Gasteiger charge is 2.42. The number of carbonyl (C=O) groups excluding carboxylic acids is 2. The van der Waals surface area contributed by atoms with Crippen molar-refractivity contribution in [3.8, 4) is 0 Å². The molecule has 0 aromatic rings. The summed E-state index contributed by atoms with van der Waals surface area (Å²) in [6.45, 7) is 12.9.